The van der Waals surface area contributed by atoms with Crippen LogP contribution in [0.4, 0.5) is 0 Å². The Morgan fingerprint density at radius 2 is 1.68 bits per heavy atom. The molecule has 0 atom stereocenters. The van der Waals surface area contributed by atoms with E-state index in [4.69, 9.17) is 16.3 Å². The number of pyridine rings is 1. The molecule has 5 nitrogen and oxygen atoms in total. The van der Waals surface area contributed by atoms with Gasteiger partial charge in [0.25, 0.3) is 11.8 Å². The van der Waals surface area contributed by atoms with Gasteiger partial charge in [0.05, 0.1) is 22.7 Å². The standard InChI is InChI=1S/C19H13ClN2O3/c20-15-7-8-16(17-14(15)6-3-9-21-17)25-11-10-22-18(23)12-4-1-2-5-13(12)19(22)24/h1-9H,10-11H2. The van der Waals surface area contributed by atoms with Gasteiger partial charge in [0.1, 0.15) is 17.9 Å². The van der Waals surface area contributed by atoms with Crippen molar-refractivity contribution in [1.29, 1.82) is 0 Å². The largest absolute Gasteiger partial charge is 0.489 e. The zero-order valence-corrected chi connectivity index (χ0v) is 13.9. The first-order valence-electron chi connectivity index (χ1n) is 7.78. The number of fused-ring (bicyclic) bond motifs is 2. The number of benzene rings is 2. The molecule has 0 saturated heterocycles. The normalized spacial score (nSPS) is 13.4. The fraction of sp³-hybridized carbons (Fsp3) is 0.105. The van der Waals surface area contributed by atoms with E-state index < -0.39 is 0 Å². The molecule has 0 bridgehead atoms. The van der Waals surface area contributed by atoms with Crippen LogP contribution in [-0.4, -0.2) is 34.8 Å². The van der Waals surface area contributed by atoms with Crippen LogP contribution in [0, 0.1) is 0 Å². The van der Waals surface area contributed by atoms with Crippen LogP contribution in [0.1, 0.15) is 20.7 Å². The summed E-state index contributed by atoms with van der Waals surface area (Å²) in [5, 5.41) is 1.39. The first-order valence-corrected chi connectivity index (χ1v) is 8.16. The molecular formula is C19H13ClN2O3. The molecule has 124 valence electrons. The third-order valence-electron chi connectivity index (χ3n) is 4.13. The molecule has 4 rings (SSSR count). The molecule has 0 fully saturated rings. The summed E-state index contributed by atoms with van der Waals surface area (Å²) in [5.74, 6) is -0.0109. The third-order valence-corrected chi connectivity index (χ3v) is 4.46. The number of hydrogen-bond donors (Lipinski definition) is 0. The topological polar surface area (TPSA) is 59.5 Å². The SMILES string of the molecule is O=C1c2ccccc2C(=O)N1CCOc1ccc(Cl)c2cccnc12. The highest BCUT2D eigenvalue weighted by atomic mass is 35.5. The Hall–Kier alpha value is -2.92. The van der Waals surface area contributed by atoms with Gasteiger partial charge < -0.3 is 4.74 Å². The van der Waals surface area contributed by atoms with Crippen LogP contribution in [0.15, 0.2) is 54.7 Å². The number of amides is 2. The molecule has 0 N–H and O–H groups in total. The summed E-state index contributed by atoms with van der Waals surface area (Å²) in [6.07, 6.45) is 1.66. The Morgan fingerprint density at radius 1 is 0.960 bits per heavy atom. The Labute approximate surface area is 148 Å². The summed E-state index contributed by atoms with van der Waals surface area (Å²) in [7, 11) is 0. The lowest BCUT2D eigenvalue weighted by atomic mass is 10.1. The van der Waals surface area contributed by atoms with Crippen molar-refractivity contribution in [2.24, 2.45) is 0 Å². The van der Waals surface area contributed by atoms with E-state index >= 15 is 0 Å². The predicted octanol–water partition coefficient (Wildman–Crippen LogP) is 3.56. The monoisotopic (exact) mass is 352 g/mol. The number of aromatic nitrogens is 1. The lowest BCUT2D eigenvalue weighted by molar-refractivity contribution is 0.0632. The van der Waals surface area contributed by atoms with Gasteiger partial charge in [-0.15, -0.1) is 0 Å². The van der Waals surface area contributed by atoms with Crippen LogP contribution >= 0.6 is 11.6 Å². The highest BCUT2D eigenvalue weighted by molar-refractivity contribution is 6.35. The van der Waals surface area contributed by atoms with E-state index in [1.165, 1.54) is 4.90 Å². The Morgan fingerprint density at radius 3 is 2.40 bits per heavy atom. The lowest BCUT2D eigenvalue weighted by Gasteiger charge is -2.15. The first kappa shape index (κ1) is 15.6. The molecule has 25 heavy (non-hydrogen) atoms. The van der Waals surface area contributed by atoms with Crippen molar-refractivity contribution >= 4 is 34.3 Å². The maximum atomic E-state index is 12.3. The second-order valence-corrected chi connectivity index (χ2v) is 6.01. The van der Waals surface area contributed by atoms with Crippen LogP contribution in [0.3, 0.4) is 0 Å². The summed E-state index contributed by atoms with van der Waals surface area (Å²) >= 11 is 6.16. The number of carbonyl (C=O) groups is 2. The summed E-state index contributed by atoms with van der Waals surface area (Å²) < 4.78 is 5.76. The molecule has 3 aromatic rings. The molecule has 1 aliphatic rings. The molecule has 2 heterocycles. The zero-order chi connectivity index (χ0) is 17.4. The number of nitrogens with zero attached hydrogens (tertiary/aromatic N) is 2. The van der Waals surface area contributed by atoms with Crippen molar-refractivity contribution in [1.82, 2.24) is 9.88 Å². The van der Waals surface area contributed by atoms with Gasteiger partial charge in [0.15, 0.2) is 0 Å². The van der Waals surface area contributed by atoms with Crippen molar-refractivity contribution < 1.29 is 14.3 Å². The second kappa shape index (κ2) is 6.18. The zero-order valence-electron chi connectivity index (χ0n) is 13.1. The van der Waals surface area contributed by atoms with E-state index in [1.807, 2.05) is 6.07 Å². The van der Waals surface area contributed by atoms with E-state index in [2.05, 4.69) is 4.98 Å². The van der Waals surface area contributed by atoms with E-state index in [9.17, 15) is 9.59 Å². The number of rotatable bonds is 4. The van der Waals surface area contributed by atoms with Gasteiger partial charge in [0.2, 0.25) is 0 Å². The summed E-state index contributed by atoms with van der Waals surface area (Å²) in [4.78, 5) is 30.2. The van der Waals surface area contributed by atoms with Gasteiger partial charge in [-0.05, 0) is 36.4 Å². The van der Waals surface area contributed by atoms with Crippen molar-refractivity contribution in [3.63, 3.8) is 0 Å². The van der Waals surface area contributed by atoms with Gasteiger partial charge in [-0.25, -0.2) is 0 Å². The minimum Gasteiger partial charge on any atom is -0.489 e. The van der Waals surface area contributed by atoms with Gasteiger partial charge in [-0.2, -0.15) is 0 Å². The summed E-state index contributed by atoms with van der Waals surface area (Å²) in [6.45, 7) is 0.349. The van der Waals surface area contributed by atoms with E-state index in [0.29, 0.717) is 27.4 Å². The second-order valence-electron chi connectivity index (χ2n) is 5.60. The molecule has 1 aliphatic heterocycles. The quantitative estimate of drug-likeness (QED) is 0.673. The van der Waals surface area contributed by atoms with E-state index in [1.54, 1.807) is 48.7 Å². The number of halogens is 1. The molecule has 1 aromatic heterocycles. The predicted molar refractivity (Wildman–Crippen MR) is 94.1 cm³/mol. The van der Waals surface area contributed by atoms with Gasteiger partial charge in [0, 0.05) is 11.6 Å². The number of hydrogen-bond acceptors (Lipinski definition) is 4. The van der Waals surface area contributed by atoms with Gasteiger partial charge >= 0.3 is 0 Å². The third kappa shape index (κ3) is 2.62. The Balaban J connectivity index is 1.50. The molecule has 6 heteroatoms. The minimum atomic E-state index is -0.289. The lowest BCUT2D eigenvalue weighted by Crippen LogP contribution is -2.33. The fourth-order valence-corrected chi connectivity index (χ4v) is 3.13. The van der Waals surface area contributed by atoms with Gasteiger partial charge in [-0.3, -0.25) is 19.5 Å². The van der Waals surface area contributed by atoms with E-state index in [-0.39, 0.29) is 25.0 Å². The summed E-state index contributed by atoms with van der Waals surface area (Å²) in [6, 6.07) is 14.0. The highest BCUT2D eigenvalue weighted by Crippen LogP contribution is 2.29. The molecule has 0 spiro atoms. The van der Waals surface area contributed by atoms with Crippen molar-refractivity contribution in [3.05, 3.63) is 70.9 Å². The molecular weight excluding hydrogens is 340 g/mol. The van der Waals surface area contributed by atoms with Crippen LogP contribution < -0.4 is 4.74 Å². The van der Waals surface area contributed by atoms with Gasteiger partial charge in [-0.1, -0.05) is 23.7 Å². The van der Waals surface area contributed by atoms with Crippen molar-refractivity contribution in [3.8, 4) is 5.75 Å². The fourth-order valence-electron chi connectivity index (χ4n) is 2.92. The average molecular weight is 353 g/mol. The van der Waals surface area contributed by atoms with E-state index in [0.717, 1.165) is 5.39 Å². The van der Waals surface area contributed by atoms with Crippen LogP contribution in [0.2, 0.25) is 5.02 Å². The minimum absolute atomic E-state index is 0.170. The smallest absolute Gasteiger partial charge is 0.261 e. The Bertz CT molecular complexity index is 968. The van der Waals surface area contributed by atoms with Crippen LogP contribution in [0.5, 0.6) is 5.75 Å². The molecule has 0 radical (unpaired) electrons. The summed E-state index contributed by atoms with van der Waals surface area (Å²) in [5.41, 5.74) is 1.52. The van der Waals surface area contributed by atoms with Crippen LogP contribution in [0.25, 0.3) is 10.9 Å². The first-order chi connectivity index (χ1) is 12.2. The maximum absolute atomic E-state index is 12.3. The number of imide groups is 1. The highest BCUT2D eigenvalue weighted by Gasteiger charge is 2.34. The Kier molecular flexibility index (Phi) is 3.86. The molecule has 2 amide bonds. The molecule has 2 aromatic carbocycles. The molecule has 0 aliphatic carbocycles. The van der Waals surface area contributed by atoms with Crippen molar-refractivity contribution in [2.75, 3.05) is 13.2 Å². The van der Waals surface area contributed by atoms with Crippen molar-refractivity contribution in [2.45, 2.75) is 0 Å². The number of carbonyl (C=O) groups excluding carboxylic acids is 2. The average Bonchev–Trinajstić information content (AvgIpc) is 2.89. The molecule has 0 saturated carbocycles. The van der Waals surface area contributed by atoms with Crippen LogP contribution in [-0.2, 0) is 0 Å². The molecule has 0 unspecified atom stereocenters. The number of ether oxygens (including phenoxy) is 1. The maximum Gasteiger partial charge on any atom is 0.261 e.